The van der Waals surface area contributed by atoms with Crippen LogP contribution in [0.2, 0.25) is 0 Å². The van der Waals surface area contributed by atoms with Crippen molar-refractivity contribution in [3.05, 3.63) is 51.8 Å². The molecule has 2 aromatic heterocycles. The number of rotatable bonds is 3. The van der Waals surface area contributed by atoms with E-state index < -0.39 is 5.91 Å². The number of anilines is 2. The summed E-state index contributed by atoms with van der Waals surface area (Å²) in [5, 5.41) is 3.92. The van der Waals surface area contributed by atoms with Crippen LogP contribution in [0.1, 0.15) is 40.6 Å². The number of nitrogens with two attached hydrogens (primary N) is 2. The van der Waals surface area contributed by atoms with Crippen molar-refractivity contribution in [2.75, 3.05) is 11.1 Å². The minimum Gasteiger partial charge on any atom is -0.397 e. The molecule has 0 unspecified atom stereocenters. The van der Waals surface area contributed by atoms with Crippen molar-refractivity contribution in [2.45, 2.75) is 19.8 Å². The average molecular weight is 328 g/mol. The lowest BCUT2D eigenvalue weighted by Gasteiger charge is -2.28. The summed E-state index contributed by atoms with van der Waals surface area (Å²) in [7, 11) is 0. The molecule has 1 amide bonds. The van der Waals surface area contributed by atoms with Crippen LogP contribution in [0.3, 0.4) is 0 Å². The van der Waals surface area contributed by atoms with Crippen molar-refractivity contribution in [2.24, 2.45) is 5.73 Å². The zero-order valence-electron chi connectivity index (χ0n) is 12.7. The number of thiophene rings is 1. The Balaban J connectivity index is 2.29. The van der Waals surface area contributed by atoms with E-state index in [0.717, 1.165) is 16.3 Å². The second-order valence-electron chi connectivity index (χ2n) is 5.39. The molecule has 0 radical (unpaired) electrons. The number of ketones is 1. The molecule has 0 fully saturated rings. The molecule has 0 aliphatic carbocycles. The third-order valence-electron chi connectivity index (χ3n) is 3.89. The predicted molar refractivity (Wildman–Crippen MR) is 90.3 cm³/mol. The van der Waals surface area contributed by atoms with Crippen LogP contribution in [0.25, 0.3) is 0 Å². The van der Waals surface area contributed by atoms with E-state index in [1.54, 1.807) is 12.4 Å². The smallest absolute Gasteiger partial charge is 0.260 e. The fourth-order valence-electron chi connectivity index (χ4n) is 2.96. The summed E-state index contributed by atoms with van der Waals surface area (Å²) in [5.74, 6) is -0.988. The Morgan fingerprint density at radius 2 is 2.13 bits per heavy atom. The van der Waals surface area contributed by atoms with Crippen LogP contribution in [0, 0.1) is 0 Å². The van der Waals surface area contributed by atoms with Crippen LogP contribution < -0.4 is 16.8 Å². The fourth-order valence-corrected chi connectivity index (χ4v) is 4.03. The normalized spacial score (nSPS) is 16.7. The molecule has 2 aromatic rings. The predicted octanol–water partition coefficient (Wildman–Crippen LogP) is 2.24. The van der Waals surface area contributed by atoms with Gasteiger partial charge in [0, 0.05) is 35.1 Å². The van der Waals surface area contributed by atoms with Gasteiger partial charge in [0.1, 0.15) is 4.88 Å². The van der Waals surface area contributed by atoms with Crippen molar-refractivity contribution in [3.8, 4) is 0 Å². The summed E-state index contributed by atoms with van der Waals surface area (Å²) >= 11 is 1.21. The van der Waals surface area contributed by atoms with Crippen LogP contribution in [0.4, 0.5) is 10.7 Å². The number of primary amides is 1. The van der Waals surface area contributed by atoms with Crippen LogP contribution in [-0.2, 0) is 4.79 Å². The number of hydrogen-bond donors (Lipinski definition) is 3. The Morgan fingerprint density at radius 1 is 1.39 bits per heavy atom. The molecule has 1 aliphatic rings. The molecular weight excluding hydrogens is 312 g/mol. The molecular formula is C16H16N4O2S. The van der Waals surface area contributed by atoms with E-state index in [-0.39, 0.29) is 11.7 Å². The third kappa shape index (κ3) is 2.39. The fraction of sp³-hybridized carbons (Fsp3) is 0.188. The van der Waals surface area contributed by atoms with Crippen molar-refractivity contribution in [3.63, 3.8) is 0 Å². The molecule has 1 atom stereocenters. The number of Topliss-reactive ketones (excluding diaryl/α,β-unsaturated/α-hetero) is 1. The van der Waals surface area contributed by atoms with E-state index >= 15 is 0 Å². The first-order valence-electron chi connectivity index (χ1n) is 7.02. The highest BCUT2D eigenvalue weighted by Gasteiger charge is 2.35. The first kappa shape index (κ1) is 15.2. The molecule has 3 rings (SSSR count). The van der Waals surface area contributed by atoms with Crippen molar-refractivity contribution in [1.82, 2.24) is 4.98 Å². The lowest BCUT2D eigenvalue weighted by atomic mass is 9.81. The summed E-state index contributed by atoms with van der Waals surface area (Å²) in [6.45, 7) is 3.36. The van der Waals surface area contributed by atoms with Crippen molar-refractivity contribution < 1.29 is 9.59 Å². The van der Waals surface area contributed by atoms with Gasteiger partial charge in [-0.05, 0) is 25.5 Å². The van der Waals surface area contributed by atoms with Gasteiger partial charge in [0.15, 0.2) is 5.78 Å². The number of carbonyl (C=O) groups is 2. The van der Waals surface area contributed by atoms with Gasteiger partial charge < -0.3 is 16.8 Å². The summed E-state index contributed by atoms with van der Waals surface area (Å²) in [6, 6.07) is 3.70. The van der Waals surface area contributed by atoms with Gasteiger partial charge in [0.25, 0.3) is 5.91 Å². The molecule has 0 aromatic carbocycles. The van der Waals surface area contributed by atoms with E-state index in [2.05, 4.69) is 10.3 Å². The Bertz CT molecular complexity index is 839. The van der Waals surface area contributed by atoms with Gasteiger partial charge in [-0.3, -0.25) is 14.6 Å². The average Bonchev–Trinajstić information content (AvgIpc) is 2.83. The Morgan fingerprint density at radius 3 is 2.70 bits per heavy atom. The van der Waals surface area contributed by atoms with E-state index in [9.17, 15) is 9.59 Å². The molecule has 0 saturated heterocycles. The zero-order valence-corrected chi connectivity index (χ0v) is 13.5. The first-order chi connectivity index (χ1) is 10.9. The molecule has 0 spiro atoms. The minimum absolute atomic E-state index is 0.0549. The molecule has 0 saturated carbocycles. The zero-order chi connectivity index (χ0) is 16.7. The number of fused-ring (bicyclic) bond motifs is 1. The van der Waals surface area contributed by atoms with E-state index in [1.807, 2.05) is 19.1 Å². The molecule has 118 valence electrons. The summed E-state index contributed by atoms with van der Waals surface area (Å²) in [6.07, 6.45) is 3.37. The lowest BCUT2D eigenvalue weighted by molar-refractivity contribution is -0.113. The number of nitrogens with one attached hydrogen (secondary N) is 1. The molecule has 23 heavy (non-hydrogen) atoms. The Labute approximate surface area is 137 Å². The number of hydrogen-bond acceptors (Lipinski definition) is 6. The second-order valence-corrected chi connectivity index (χ2v) is 6.41. The highest BCUT2D eigenvalue weighted by Crippen LogP contribution is 2.49. The maximum atomic E-state index is 12.2. The van der Waals surface area contributed by atoms with Crippen LogP contribution >= 0.6 is 11.3 Å². The van der Waals surface area contributed by atoms with Gasteiger partial charge in [0.2, 0.25) is 0 Å². The van der Waals surface area contributed by atoms with Crippen LogP contribution in [0.15, 0.2) is 35.8 Å². The van der Waals surface area contributed by atoms with Gasteiger partial charge in [-0.2, -0.15) is 0 Å². The number of amides is 1. The molecule has 3 heterocycles. The van der Waals surface area contributed by atoms with Gasteiger partial charge in [-0.15, -0.1) is 11.3 Å². The number of nitrogen functional groups attached to an aromatic ring is 1. The van der Waals surface area contributed by atoms with Gasteiger partial charge in [0.05, 0.1) is 10.7 Å². The van der Waals surface area contributed by atoms with Crippen LogP contribution in [0.5, 0.6) is 0 Å². The Kier molecular flexibility index (Phi) is 3.65. The maximum Gasteiger partial charge on any atom is 0.260 e. The second kappa shape index (κ2) is 5.51. The van der Waals surface area contributed by atoms with Crippen molar-refractivity contribution in [1.29, 1.82) is 0 Å². The van der Waals surface area contributed by atoms with Gasteiger partial charge in [-0.25, -0.2) is 0 Å². The maximum absolute atomic E-state index is 12.2. The van der Waals surface area contributed by atoms with E-state index in [0.29, 0.717) is 21.7 Å². The summed E-state index contributed by atoms with van der Waals surface area (Å²) < 4.78 is 0. The van der Waals surface area contributed by atoms with Gasteiger partial charge in [-0.1, -0.05) is 6.07 Å². The summed E-state index contributed by atoms with van der Waals surface area (Å²) in [5.41, 5.74) is 14.8. The highest BCUT2D eigenvalue weighted by molar-refractivity contribution is 7.18. The quantitative estimate of drug-likeness (QED) is 0.800. The van der Waals surface area contributed by atoms with Gasteiger partial charge >= 0.3 is 0 Å². The molecule has 1 aliphatic heterocycles. The number of carbonyl (C=O) groups excluding carboxylic acids is 2. The number of aromatic nitrogens is 1. The minimum atomic E-state index is -0.573. The van der Waals surface area contributed by atoms with E-state index in [4.69, 9.17) is 11.5 Å². The van der Waals surface area contributed by atoms with E-state index in [1.165, 1.54) is 18.3 Å². The standard InChI is InChI=1S/C16H16N4O2S/c1-7-10(8(2)21)11(9-4-3-5-19-6-9)12-13(17)14(15(18)22)23-16(12)20-7/h3-6,11,20H,17H2,1-2H3,(H2,18,22)/t11-/m0/s1. The molecule has 0 bridgehead atoms. The third-order valence-corrected chi connectivity index (χ3v) is 5.04. The highest BCUT2D eigenvalue weighted by atomic mass is 32.1. The number of pyridine rings is 1. The van der Waals surface area contributed by atoms with Crippen molar-refractivity contribution >= 4 is 33.7 Å². The molecule has 5 N–H and O–H groups in total. The number of nitrogens with zero attached hydrogens (tertiary/aromatic N) is 1. The summed E-state index contributed by atoms with van der Waals surface area (Å²) in [4.78, 5) is 28.3. The Hall–Kier alpha value is -2.67. The number of allylic oxidation sites excluding steroid dienone is 2. The largest absolute Gasteiger partial charge is 0.397 e. The molecule has 6 nitrogen and oxygen atoms in total. The lowest BCUT2D eigenvalue weighted by Crippen LogP contribution is -2.21. The monoisotopic (exact) mass is 328 g/mol. The SMILES string of the molecule is CC(=O)C1=C(C)Nc2sc(C(N)=O)c(N)c2[C@H]1c1cccnc1. The van der Waals surface area contributed by atoms with Crippen LogP contribution in [-0.4, -0.2) is 16.7 Å². The molecule has 7 heteroatoms. The first-order valence-corrected chi connectivity index (χ1v) is 7.84. The topological polar surface area (TPSA) is 111 Å².